The first kappa shape index (κ1) is 13.9. The van der Waals surface area contributed by atoms with Crippen LogP contribution in [0.1, 0.15) is 65.2 Å². The highest BCUT2D eigenvalue weighted by atomic mass is 15.3. The smallest absolute Gasteiger partial charge is 0.0334 e. The molecule has 3 fully saturated rings. The van der Waals surface area contributed by atoms with Crippen molar-refractivity contribution in [2.75, 3.05) is 19.6 Å². The summed E-state index contributed by atoms with van der Waals surface area (Å²) in [6.45, 7) is 8.75. The van der Waals surface area contributed by atoms with Gasteiger partial charge in [0.1, 0.15) is 0 Å². The van der Waals surface area contributed by atoms with Crippen LogP contribution < -0.4 is 5.32 Å². The lowest BCUT2D eigenvalue weighted by Crippen LogP contribution is -2.65. The van der Waals surface area contributed by atoms with E-state index in [9.17, 15) is 0 Å². The van der Waals surface area contributed by atoms with Gasteiger partial charge in [-0.3, -0.25) is 4.90 Å². The quantitative estimate of drug-likeness (QED) is 0.709. The number of nitrogens with one attached hydrogen (secondary N) is 1. The third-order valence-electron chi connectivity index (χ3n) is 5.79. The maximum atomic E-state index is 3.88. The molecule has 0 amide bonds. The van der Waals surface area contributed by atoms with E-state index in [0.29, 0.717) is 5.54 Å². The van der Waals surface area contributed by atoms with Crippen molar-refractivity contribution in [1.29, 1.82) is 0 Å². The Hall–Kier alpha value is -0.0800. The zero-order valence-electron chi connectivity index (χ0n) is 13.0. The molecule has 2 heteroatoms. The van der Waals surface area contributed by atoms with Crippen LogP contribution in [0, 0.1) is 11.8 Å². The average Bonchev–Trinajstić information content (AvgIpc) is 3.29. The summed E-state index contributed by atoms with van der Waals surface area (Å²) in [5, 5.41) is 3.88. The largest absolute Gasteiger partial charge is 0.311 e. The summed E-state index contributed by atoms with van der Waals surface area (Å²) in [6.07, 6.45) is 11.5. The van der Waals surface area contributed by atoms with Crippen molar-refractivity contribution in [3.63, 3.8) is 0 Å². The minimum atomic E-state index is 0.470. The van der Waals surface area contributed by atoms with E-state index >= 15 is 0 Å². The van der Waals surface area contributed by atoms with Gasteiger partial charge in [-0.2, -0.15) is 0 Å². The van der Waals surface area contributed by atoms with Gasteiger partial charge in [-0.25, -0.2) is 0 Å². The maximum absolute atomic E-state index is 3.88. The molecule has 0 spiro atoms. The van der Waals surface area contributed by atoms with Crippen LogP contribution in [-0.4, -0.2) is 36.1 Å². The fourth-order valence-corrected chi connectivity index (χ4v) is 3.96. The Bertz CT molecular complexity index is 296. The summed E-state index contributed by atoms with van der Waals surface area (Å²) in [6, 6.07) is 0.804. The number of nitrogens with zero attached hydrogens (tertiary/aromatic N) is 1. The Morgan fingerprint density at radius 2 is 1.89 bits per heavy atom. The molecule has 1 heterocycles. The van der Waals surface area contributed by atoms with Crippen LogP contribution in [-0.2, 0) is 0 Å². The van der Waals surface area contributed by atoms with Crippen LogP contribution in [0.5, 0.6) is 0 Å². The molecule has 0 aromatic rings. The van der Waals surface area contributed by atoms with Gasteiger partial charge in [-0.1, -0.05) is 26.2 Å². The van der Waals surface area contributed by atoms with E-state index in [4.69, 9.17) is 0 Å². The molecule has 2 saturated carbocycles. The van der Waals surface area contributed by atoms with Gasteiger partial charge >= 0.3 is 0 Å². The molecular weight excluding hydrogens is 232 g/mol. The normalized spacial score (nSPS) is 36.6. The van der Waals surface area contributed by atoms with E-state index < -0.39 is 0 Å². The fraction of sp³-hybridized carbons (Fsp3) is 1.00. The molecule has 19 heavy (non-hydrogen) atoms. The van der Waals surface area contributed by atoms with E-state index in [0.717, 1.165) is 17.9 Å². The minimum Gasteiger partial charge on any atom is -0.311 e. The van der Waals surface area contributed by atoms with Crippen LogP contribution in [0.4, 0.5) is 0 Å². The van der Waals surface area contributed by atoms with Crippen molar-refractivity contribution in [3.05, 3.63) is 0 Å². The molecule has 1 N–H and O–H groups in total. The Kier molecular flexibility index (Phi) is 4.19. The summed E-state index contributed by atoms with van der Waals surface area (Å²) in [5.74, 6) is 1.98. The topological polar surface area (TPSA) is 15.3 Å². The summed E-state index contributed by atoms with van der Waals surface area (Å²) in [4.78, 5) is 2.87. The van der Waals surface area contributed by atoms with Gasteiger partial charge in [0, 0.05) is 24.7 Å². The van der Waals surface area contributed by atoms with Crippen LogP contribution in [0.3, 0.4) is 0 Å². The van der Waals surface area contributed by atoms with E-state index in [2.05, 4.69) is 24.1 Å². The number of hydrogen-bond acceptors (Lipinski definition) is 2. The number of piperazine rings is 1. The summed E-state index contributed by atoms with van der Waals surface area (Å²) in [5.41, 5.74) is 0.470. The van der Waals surface area contributed by atoms with Crippen molar-refractivity contribution < 1.29 is 0 Å². The summed E-state index contributed by atoms with van der Waals surface area (Å²) in [7, 11) is 0. The van der Waals surface area contributed by atoms with E-state index in [1.807, 2.05) is 0 Å². The second-order valence-corrected chi connectivity index (χ2v) is 7.46. The monoisotopic (exact) mass is 264 g/mol. The van der Waals surface area contributed by atoms with E-state index in [1.54, 1.807) is 0 Å². The van der Waals surface area contributed by atoms with Gasteiger partial charge < -0.3 is 5.32 Å². The molecule has 2 nitrogen and oxygen atoms in total. The highest BCUT2D eigenvalue weighted by Crippen LogP contribution is 2.45. The predicted octanol–water partition coefficient (Wildman–Crippen LogP) is 3.42. The molecule has 2 aliphatic carbocycles. The number of hydrogen-bond donors (Lipinski definition) is 1. The molecule has 0 aromatic heterocycles. The standard InChI is InChI=1S/C17H32N2/c1-3-4-5-6-11-19-12-16(14-7-8-14)18-13-17(19,2)15-9-10-15/h14-16,18H,3-13H2,1-2H3. The second-order valence-electron chi connectivity index (χ2n) is 7.46. The van der Waals surface area contributed by atoms with Crippen molar-refractivity contribution in [2.24, 2.45) is 11.8 Å². The molecule has 1 aliphatic heterocycles. The Labute approximate surface area is 119 Å². The van der Waals surface area contributed by atoms with E-state index in [1.165, 1.54) is 71.0 Å². The van der Waals surface area contributed by atoms with Gasteiger partial charge in [-0.05, 0) is 57.4 Å². The molecule has 110 valence electrons. The van der Waals surface area contributed by atoms with Gasteiger partial charge in [0.2, 0.25) is 0 Å². The highest BCUT2D eigenvalue weighted by molar-refractivity contribution is 5.06. The number of rotatable bonds is 7. The van der Waals surface area contributed by atoms with Crippen LogP contribution in [0.15, 0.2) is 0 Å². The predicted molar refractivity (Wildman–Crippen MR) is 81.4 cm³/mol. The first-order chi connectivity index (χ1) is 9.24. The second kappa shape index (κ2) is 5.73. The van der Waals surface area contributed by atoms with Gasteiger partial charge in [0.15, 0.2) is 0 Å². The third kappa shape index (κ3) is 3.16. The zero-order chi connectivity index (χ0) is 13.3. The van der Waals surface area contributed by atoms with Crippen molar-refractivity contribution in [1.82, 2.24) is 10.2 Å². The Morgan fingerprint density at radius 3 is 2.53 bits per heavy atom. The van der Waals surface area contributed by atoms with Crippen LogP contribution in [0.25, 0.3) is 0 Å². The molecule has 0 bridgehead atoms. The highest BCUT2D eigenvalue weighted by Gasteiger charge is 2.49. The van der Waals surface area contributed by atoms with Crippen molar-refractivity contribution >= 4 is 0 Å². The van der Waals surface area contributed by atoms with Crippen LogP contribution >= 0.6 is 0 Å². The lowest BCUT2D eigenvalue weighted by atomic mass is 9.88. The molecular formula is C17H32N2. The molecule has 0 radical (unpaired) electrons. The van der Waals surface area contributed by atoms with E-state index in [-0.39, 0.29) is 0 Å². The van der Waals surface area contributed by atoms with Gasteiger partial charge in [0.25, 0.3) is 0 Å². The molecule has 1 saturated heterocycles. The van der Waals surface area contributed by atoms with Gasteiger partial charge in [-0.15, -0.1) is 0 Å². The zero-order valence-corrected chi connectivity index (χ0v) is 13.0. The molecule has 2 atom stereocenters. The summed E-state index contributed by atoms with van der Waals surface area (Å²) >= 11 is 0. The average molecular weight is 264 g/mol. The third-order valence-corrected chi connectivity index (χ3v) is 5.79. The minimum absolute atomic E-state index is 0.470. The van der Waals surface area contributed by atoms with Crippen LogP contribution in [0.2, 0.25) is 0 Å². The summed E-state index contributed by atoms with van der Waals surface area (Å²) < 4.78 is 0. The lowest BCUT2D eigenvalue weighted by Gasteiger charge is -2.49. The molecule has 0 aromatic carbocycles. The SMILES string of the molecule is CCCCCCN1CC(C2CC2)NCC1(C)C1CC1. The molecule has 3 aliphatic rings. The number of unbranched alkanes of at least 4 members (excludes halogenated alkanes) is 3. The lowest BCUT2D eigenvalue weighted by molar-refractivity contribution is 0.0291. The molecule has 3 rings (SSSR count). The first-order valence-corrected chi connectivity index (χ1v) is 8.72. The maximum Gasteiger partial charge on any atom is 0.0334 e. The molecule has 2 unspecified atom stereocenters. The fourth-order valence-electron chi connectivity index (χ4n) is 3.96. The van der Waals surface area contributed by atoms with Crippen molar-refractivity contribution in [3.8, 4) is 0 Å². The Balaban J connectivity index is 1.56. The van der Waals surface area contributed by atoms with Gasteiger partial charge in [0.05, 0.1) is 0 Å². The van der Waals surface area contributed by atoms with Crippen molar-refractivity contribution in [2.45, 2.75) is 76.8 Å². The Morgan fingerprint density at radius 1 is 1.11 bits per heavy atom. The first-order valence-electron chi connectivity index (χ1n) is 8.72.